The Balaban J connectivity index is 1.64. The Morgan fingerprint density at radius 1 is 1.36 bits per heavy atom. The van der Waals surface area contributed by atoms with Crippen LogP contribution in [0.1, 0.15) is 17.1 Å². The highest BCUT2D eigenvalue weighted by Crippen LogP contribution is 2.22. The van der Waals surface area contributed by atoms with Gasteiger partial charge in [0.05, 0.1) is 4.90 Å². The number of aromatic amines is 1. The highest BCUT2D eigenvalue weighted by Gasteiger charge is 2.32. The number of nitrogens with one attached hydrogen (secondary N) is 3. The van der Waals surface area contributed by atoms with Crippen molar-refractivity contribution in [1.29, 1.82) is 0 Å². The lowest BCUT2D eigenvalue weighted by Gasteiger charge is -2.25. The van der Waals surface area contributed by atoms with Gasteiger partial charge in [0.1, 0.15) is 11.9 Å². The van der Waals surface area contributed by atoms with Gasteiger partial charge >= 0.3 is 0 Å². The van der Waals surface area contributed by atoms with Gasteiger partial charge in [0.2, 0.25) is 15.9 Å². The predicted octanol–water partition coefficient (Wildman–Crippen LogP) is -0.360. The van der Waals surface area contributed by atoms with Gasteiger partial charge in [0, 0.05) is 24.7 Å². The number of H-pyrrole nitrogens is 1. The molecule has 3 rings (SSSR count). The molecule has 0 saturated carbocycles. The van der Waals surface area contributed by atoms with Crippen LogP contribution in [-0.2, 0) is 27.7 Å². The summed E-state index contributed by atoms with van der Waals surface area (Å²) in [6.45, 7) is 1.96. The summed E-state index contributed by atoms with van der Waals surface area (Å²) in [6.07, 6.45) is 0.638. The number of amides is 1. The summed E-state index contributed by atoms with van der Waals surface area (Å²) in [5.74, 6) is 0.0629. The molecule has 1 aromatic carbocycles. The van der Waals surface area contributed by atoms with E-state index in [1.807, 2.05) is 0 Å². The average Bonchev–Trinajstić information content (AvgIpc) is 2.53. The molecular weight excluding hydrogens is 344 g/mol. The smallest absolute Gasteiger partial charge is 0.251 e. The van der Waals surface area contributed by atoms with Crippen molar-refractivity contribution in [3.63, 3.8) is 0 Å². The van der Waals surface area contributed by atoms with Gasteiger partial charge < -0.3 is 10.3 Å². The Bertz CT molecular complexity index is 968. The first-order chi connectivity index (χ1) is 11.8. The van der Waals surface area contributed by atoms with Gasteiger partial charge in [-0.15, -0.1) is 0 Å². The van der Waals surface area contributed by atoms with E-state index >= 15 is 0 Å². The maximum atomic E-state index is 12.3. The van der Waals surface area contributed by atoms with Crippen molar-refractivity contribution in [2.45, 2.75) is 30.7 Å². The Labute approximate surface area is 144 Å². The second-order valence-corrected chi connectivity index (χ2v) is 7.54. The first kappa shape index (κ1) is 17.3. The molecule has 0 radical (unpaired) electrons. The van der Waals surface area contributed by atoms with Crippen molar-refractivity contribution in [3.05, 3.63) is 57.8 Å². The maximum Gasteiger partial charge on any atom is 0.251 e. The Kier molecular flexibility index (Phi) is 4.69. The van der Waals surface area contributed by atoms with E-state index in [-0.39, 0.29) is 17.0 Å². The summed E-state index contributed by atoms with van der Waals surface area (Å²) in [4.78, 5) is 30.7. The van der Waals surface area contributed by atoms with Crippen LogP contribution in [0.15, 0.2) is 40.0 Å². The van der Waals surface area contributed by atoms with E-state index < -0.39 is 22.0 Å². The number of carbonyl (C=O) groups is 1. The average molecular weight is 362 g/mol. The van der Waals surface area contributed by atoms with Crippen LogP contribution in [0.2, 0.25) is 0 Å². The van der Waals surface area contributed by atoms with Crippen LogP contribution in [0.5, 0.6) is 0 Å². The number of sulfonamides is 1. The van der Waals surface area contributed by atoms with Crippen LogP contribution in [0, 0.1) is 6.92 Å². The fourth-order valence-electron chi connectivity index (χ4n) is 2.78. The number of aromatic nitrogens is 2. The third-order valence-electron chi connectivity index (χ3n) is 3.88. The molecule has 1 amide bonds. The van der Waals surface area contributed by atoms with Crippen molar-refractivity contribution in [2.24, 2.45) is 0 Å². The second kappa shape index (κ2) is 6.77. The van der Waals surface area contributed by atoms with Gasteiger partial charge in [0.15, 0.2) is 0 Å². The van der Waals surface area contributed by atoms with Gasteiger partial charge in [-0.2, -0.15) is 4.72 Å². The van der Waals surface area contributed by atoms with Crippen LogP contribution >= 0.6 is 0 Å². The largest absolute Gasteiger partial charge is 0.354 e. The zero-order valence-electron chi connectivity index (χ0n) is 13.6. The van der Waals surface area contributed by atoms with Gasteiger partial charge in [0.25, 0.3) is 5.56 Å². The highest BCUT2D eigenvalue weighted by atomic mass is 32.2. The van der Waals surface area contributed by atoms with Gasteiger partial charge in [-0.25, -0.2) is 13.4 Å². The van der Waals surface area contributed by atoms with E-state index in [4.69, 9.17) is 0 Å². The van der Waals surface area contributed by atoms with Crippen molar-refractivity contribution in [2.75, 3.05) is 6.54 Å². The monoisotopic (exact) mass is 362 g/mol. The molecule has 1 aromatic heterocycles. The van der Waals surface area contributed by atoms with Crippen LogP contribution in [-0.4, -0.2) is 36.9 Å². The number of hydrogen-bond acceptors (Lipinski definition) is 5. The number of aryl methyl sites for hydroxylation is 1. The van der Waals surface area contributed by atoms with Gasteiger partial charge in [-0.1, -0.05) is 18.2 Å². The number of benzene rings is 1. The summed E-state index contributed by atoms with van der Waals surface area (Å²) < 4.78 is 26.8. The third kappa shape index (κ3) is 3.94. The summed E-state index contributed by atoms with van der Waals surface area (Å²) in [7, 11) is -3.70. The molecule has 0 spiro atoms. The van der Waals surface area contributed by atoms with Gasteiger partial charge in [-0.05, 0) is 25.0 Å². The molecule has 1 unspecified atom stereocenters. The molecule has 1 aliphatic heterocycles. The number of hydrogen-bond donors (Lipinski definition) is 3. The molecule has 3 N–H and O–H groups in total. The van der Waals surface area contributed by atoms with Crippen LogP contribution in [0.4, 0.5) is 0 Å². The van der Waals surface area contributed by atoms with E-state index in [2.05, 4.69) is 20.0 Å². The summed E-state index contributed by atoms with van der Waals surface area (Å²) in [5.41, 5.74) is 0.971. The van der Waals surface area contributed by atoms with Crippen molar-refractivity contribution < 1.29 is 13.2 Å². The molecule has 25 heavy (non-hydrogen) atoms. The first-order valence-corrected chi connectivity index (χ1v) is 9.28. The number of carbonyl (C=O) groups excluding carboxylic acids is 1. The van der Waals surface area contributed by atoms with E-state index in [9.17, 15) is 18.0 Å². The lowest BCUT2D eigenvalue weighted by atomic mass is 10.1. The van der Waals surface area contributed by atoms with Crippen LogP contribution in [0.25, 0.3) is 0 Å². The first-order valence-electron chi connectivity index (χ1n) is 7.80. The molecule has 0 aliphatic carbocycles. The third-order valence-corrected chi connectivity index (χ3v) is 5.45. The molecule has 1 aliphatic rings. The van der Waals surface area contributed by atoms with Crippen molar-refractivity contribution in [1.82, 2.24) is 20.0 Å². The zero-order chi connectivity index (χ0) is 18.0. The Morgan fingerprint density at radius 2 is 2.12 bits per heavy atom. The molecule has 8 nitrogen and oxygen atoms in total. The van der Waals surface area contributed by atoms with E-state index in [0.717, 1.165) is 0 Å². The Hall–Kier alpha value is -2.52. The Morgan fingerprint density at radius 3 is 2.88 bits per heavy atom. The molecular formula is C16H18N4O4S. The summed E-state index contributed by atoms with van der Waals surface area (Å²) in [6, 6.07) is 7.14. The van der Waals surface area contributed by atoms with Crippen molar-refractivity contribution in [3.8, 4) is 0 Å². The molecule has 9 heteroatoms. The predicted molar refractivity (Wildman–Crippen MR) is 90.6 cm³/mol. The van der Waals surface area contributed by atoms with E-state index in [1.54, 1.807) is 25.1 Å². The standard InChI is InChI=1S/C16H18N4O4S/c1-10-8-15(21)19-14(18-10)6-7-17-16(22)12-9-11-4-2-3-5-13(11)25(23,24)20-12/h2-5,8,12,20H,6-7,9H2,1H3,(H,17,22)(H,18,19,21). The molecule has 1 atom stereocenters. The molecule has 2 aromatic rings. The SMILES string of the molecule is Cc1cc(=O)[nH]c(CCNC(=O)C2Cc3ccccc3S(=O)(=O)N2)n1. The lowest BCUT2D eigenvalue weighted by Crippen LogP contribution is -2.50. The minimum Gasteiger partial charge on any atom is -0.354 e. The molecule has 0 fully saturated rings. The van der Waals surface area contributed by atoms with Gasteiger partial charge in [-0.3, -0.25) is 9.59 Å². The van der Waals surface area contributed by atoms with Crippen LogP contribution in [0.3, 0.4) is 0 Å². The maximum absolute atomic E-state index is 12.3. The minimum atomic E-state index is -3.70. The normalized spacial score (nSPS) is 18.4. The molecule has 2 heterocycles. The van der Waals surface area contributed by atoms with E-state index in [0.29, 0.717) is 29.9 Å². The quantitative estimate of drug-likeness (QED) is 0.686. The minimum absolute atomic E-state index is 0.209. The highest BCUT2D eigenvalue weighted by molar-refractivity contribution is 7.89. The molecule has 132 valence electrons. The van der Waals surface area contributed by atoms with Crippen molar-refractivity contribution >= 4 is 15.9 Å². The topological polar surface area (TPSA) is 121 Å². The summed E-state index contributed by atoms with van der Waals surface area (Å²) in [5, 5.41) is 2.68. The number of nitrogens with zero attached hydrogens (tertiary/aromatic N) is 1. The number of rotatable bonds is 4. The lowest BCUT2D eigenvalue weighted by molar-refractivity contribution is -0.122. The molecule has 0 saturated heterocycles. The van der Waals surface area contributed by atoms with Crippen LogP contribution < -0.4 is 15.6 Å². The summed E-state index contributed by atoms with van der Waals surface area (Å²) >= 11 is 0. The van der Waals surface area contributed by atoms with E-state index in [1.165, 1.54) is 12.1 Å². The molecule has 0 bridgehead atoms. The number of fused-ring (bicyclic) bond motifs is 1. The fourth-order valence-corrected chi connectivity index (χ4v) is 4.23. The second-order valence-electron chi connectivity index (χ2n) is 5.86. The zero-order valence-corrected chi connectivity index (χ0v) is 14.4. The fraction of sp³-hybridized carbons (Fsp3) is 0.312.